The number of rotatable bonds is 3. The van der Waals surface area contributed by atoms with Crippen LogP contribution in [0.2, 0.25) is 0 Å². The van der Waals surface area contributed by atoms with E-state index in [1.54, 1.807) is 6.07 Å². The van der Waals surface area contributed by atoms with E-state index in [1.807, 2.05) is 6.92 Å². The van der Waals surface area contributed by atoms with Gasteiger partial charge in [-0.25, -0.2) is 4.39 Å². The Morgan fingerprint density at radius 1 is 1.50 bits per heavy atom. The van der Waals surface area contributed by atoms with Crippen LogP contribution in [0, 0.1) is 12.7 Å². The summed E-state index contributed by atoms with van der Waals surface area (Å²) < 4.78 is 13.0. The molecule has 0 spiro atoms. The summed E-state index contributed by atoms with van der Waals surface area (Å²) in [6, 6.07) is 4.50. The molecule has 1 aliphatic heterocycles. The minimum absolute atomic E-state index is 0.170. The summed E-state index contributed by atoms with van der Waals surface area (Å²) in [5.74, 6) is -1.01. The summed E-state index contributed by atoms with van der Waals surface area (Å²) in [6.45, 7) is 1.88. The third-order valence-electron chi connectivity index (χ3n) is 3.55. The smallest absolute Gasteiger partial charge is 0.320 e. The molecule has 98 valence electrons. The van der Waals surface area contributed by atoms with Crippen molar-refractivity contribution in [3.8, 4) is 0 Å². The van der Waals surface area contributed by atoms with Crippen LogP contribution in [0.4, 0.5) is 4.39 Å². The topological polar surface area (TPSA) is 49.3 Å². The Labute approximate surface area is 106 Å². The lowest BCUT2D eigenvalue weighted by molar-refractivity contribution is -0.140. The minimum Gasteiger partial charge on any atom is -0.480 e. The van der Waals surface area contributed by atoms with Gasteiger partial charge in [-0.05, 0) is 55.9 Å². The summed E-state index contributed by atoms with van der Waals surface area (Å²) in [7, 11) is 0. The zero-order valence-corrected chi connectivity index (χ0v) is 10.4. The highest BCUT2D eigenvalue weighted by atomic mass is 19.1. The third-order valence-corrected chi connectivity index (χ3v) is 3.55. The second-order valence-corrected chi connectivity index (χ2v) is 4.96. The fourth-order valence-electron chi connectivity index (χ4n) is 2.53. The largest absolute Gasteiger partial charge is 0.480 e. The van der Waals surface area contributed by atoms with Crippen molar-refractivity contribution in [2.45, 2.75) is 44.7 Å². The fraction of sp³-hybridized carbons (Fsp3) is 0.500. The van der Waals surface area contributed by atoms with E-state index in [4.69, 9.17) is 5.11 Å². The first-order valence-corrected chi connectivity index (χ1v) is 6.30. The standard InChI is InChI=1S/C14H18FNO2/c1-9-7-11(15)6-5-10(9)8-12-3-2-4-13(16-12)14(17)18/h5-7,12-13,16H,2-4,8H2,1H3,(H,17,18). The van der Waals surface area contributed by atoms with Gasteiger partial charge < -0.3 is 10.4 Å². The van der Waals surface area contributed by atoms with E-state index in [0.717, 1.165) is 30.4 Å². The lowest BCUT2D eigenvalue weighted by Gasteiger charge is -2.29. The summed E-state index contributed by atoms with van der Waals surface area (Å²) in [6.07, 6.45) is 3.35. The normalized spacial score (nSPS) is 23.9. The zero-order chi connectivity index (χ0) is 13.1. The molecule has 18 heavy (non-hydrogen) atoms. The fourth-order valence-corrected chi connectivity index (χ4v) is 2.53. The molecule has 0 radical (unpaired) electrons. The molecule has 2 N–H and O–H groups in total. The Balaban J connectivity index is 2.02. The summed E-state index contributed by atoms with van der Waals surface area (Å²) in [5, 5.41) is 12.2. The molecule has 1 aromatic carbocycles. The van der Waals surface area contributed by atoms with E-state index in [0.29, 0.717) is 6.42 Å². The number of hydrogen-bond acceptors (Lipinski definition) is 2. The first kappa shape index (κ1) is 13.0. The maximum Gasteiger partial charge on any atom is 0.320 e. The van der Waals surface area contributed by atoms with Crippen LogP contribution in [-0.2, 0) is 11.2 Å². The third kappa shape index (κ3) is 3.07. The van der Waals surface area contributed by atoms with Gasteiger partial charge in [0.15, 0.2) is 0 Å². The van der Waals surface area contributed by atoms with Crippen molar-refractivity contribution in [2.24, 2.45) is 0 Å². The van der Waals surface area contributed by atoms with E-state index in [1.165, 1.54) is 12.1 Å². The van der Waals surface area contributed by atoms with Gasteiger partial charge in [-0.15, -0.1) is 0 Å². The number of aliphatic carboxylic acids is 1. The number of hydrogen-bond donors (Lipinski definition) is 2. The van der Waals surface area contributed by atoms with Crippen molar-refractivity contribution in [3.05, 3.63) is 35.1 Å². The van der Waals surface area contributed by atoms with Crippen LogP contribution >= 0.6 is 0 Å². The highest BCUT2D eigenvalue weighted by Gasteiger charge is 2.26. The molecule has 2 rings (SSSR count). The number of carboxylic acid groups (broad SMARTS) is 1. The number of benzene rings is 1. The number of nitrogens with one attached hydrogen (secondary N) is 1. The van der Waals surface area contributed by atoms with Crippen LogP contribution in [0.15, 0.2) is 18.2 Å². The molecule has 1 saturated heterocycles. The van der Waals surface area contributed by atoms with Crippen molar-refractivity contribution >= 4 is 5.97 Å². The molecule has 2 atom stereocenters. The van der Waals surface area contributed by atoms with E-state index in [9.17, 15) is 9.18 Å². The van der Waals surface area contributed by atoms with Gasteiger partial charge in [-0.3, -0.25) is 4.79 Å². The minimum atomic E-state index is -0.782. The molecule has 0 aliphatic carbocycles. The molecule has 1 aliphatic rings. The van der Waals surface area contributed by atoms with Gasteiger partial charge in [0.05, 0.1) is 0 Å². The van der Waals surface area contributed by atoms with Gasteiger partial charge in [0.1, 0.15) is 11.9 Å². The Morgan fingerprint density at radius 3 is 2.94 bits per heavy atom. The molecule has 0 bridgehead atoms. The van der Waals surface area contributed by atoms with Crippen LogP contribution in [0.1, 0.15) is 30.4 Å². The van der Waals surface area contributed by atoms with E-state index in [2.05, 4.69) is 5.32 Å². The Kier molecular flexibility index (Phi) is 3.97. The van der Waals surface area contributed by atoms with E-state index >= 15 is 0 Å². The summed E-state index contributed by atoms with van der Waals surface area (Å²) >= 11 is 0. The van der Waals surface area contributed by atoms with Crippen molar-refractivity contribution in [2.75, 3.05) is 0 Å². The molecule has 2 unspecified atom stereocenters. The number of carbonyl (C=O) groups is 1. The maximum atomic E-state index is 13.0. The number of halogens is 1. The summed E-state index contributed by atoms with van der Waals surface area (Å²) in [4.78, 5) is 11.0. The Bertz CT molecular complexity index is 447. The van der Waals surface area contributed by atoms with Crippen molar-refractivity contribution in [1.82, 2.24) is 5.32 Å². The number of aryl methyl sites for hydroxylation is 1. The second kappa shape index (κ2) is 5.48. The summed E-state index contributed by atoms with van der Waals surface area (Å²) in [5.41, 5.74) is 2.01. The Hall–Kier alpha value is -1.42. The molecular formula is C14H18FNO2. The van der Waals surface area contributed by atoms with Gasteiger partial charge in [-0.2, -0.15) is 0 Å². The highest BCUT2D eigenvalue weighted by Crippen LogP contribution is 2.19. The molecule has 1 fully saturated rings. The van der Waals surface area contributed by atoms with Gasteiger partial charge in [0.25, 0.3) is 0 Å². The lowest BCUT2D eigenvalue weighted by Crippen LogP contribution is -2.47. The molecule has 4 heteroatoms. The zero-order valence-electron chi connectivity index (χ0n) is 10.4. The van der Waals surface area contributed by atoms with Gasteiger partial charge >= 0.3 is 5.97 Å². The molecular weight excluding hydrogens is 233 g/mol. The van der Waals surface area contributed by atoms with Crippen LogP contribution in [-0.4, -0.2) is 23.2 Å². The quantitative estimate of drug-likeness (QED) is 0.866. The number of carboxylic acids is 1. The van der Waals surface area contributed by atoms with Crippen LogP contribution < -0.4 is 5.32 Å². The Morgan fingerprint density at radius 2 is 2.28 bits per heavy atom. The van der Waals surface area contributed by atoms with Gasteiger partial charge in [0, 0.05) is 6.04 Å². The average molecular weight is 251 g/mol. The number of piperidine rings is 1. The first-order chi connectivity index (χ1) is 8.56. The second-order valence-electron chi connectivity index (χ2n) is 4.96. The van der Waals surface area contributed by atoms with Crippen LogP contribution in [0.25, 0.3) is 0 Å². The maximum absolute atomic E-state index is 13.0. The van der Waals surface area contributed by atoms with Crippen molar-refractivity contribution in [3.63, 3.8) is 0 Å². The van der Waals surface area contributed by atoms with Crippen molar-refractivity contribution < 1.29 is 14.3 Å². The van der Waals surface area contributed by atoms with Gasteiger partial charge in [-0.1, -0.05) is 6.07 Å². The van der Waals surface area contributed by atoms with Crippen LogP contribution in [0.5, 0.6) is 0 Å². The predicted molar refractivity (Wildman–Crippen MR) is 67.0 cm³/mol. The van der Waals surface area contributed by atoms with Crippen molar-refractivity contribution in [1.29, 1.82) is 0 Å². The molecule has 1 aromatic rings. The van der Waals surface area contributed by atoms with Crippen LogP contribution in [0.3, 0.4) is 0 Å². The highest BCUT2D eigenvalue weighted by molar-refractivity contribution is 5.73. The molecule has 1 heterocycles. The SMILES string of the molecule is Cc1cc(F)ccc1CC1CCCC(C(=O)O)N1. The molecule has 0 saturated carbocycles. The monoisotopic (exact) mass is 251 g/mol. The van der Waals surface area contributed by atoms with Gasteiger partial charge in [0.2, 0.25) is 0 Å². The molecule has 3 nitrogen and oxygen atoms in total. The molecule has 0 aromatic heterocycles. The lowest BCUT2D eigenvalue weighted by atomic mass is 9.92. The first-order valence-electron chi connectivity index (χ1n) is 6.30. The van der Waals surface area contributed by atoms with E-state index < -0.39 is 12.0 Å². The predicted octanol–water partition coefficient (Wildman–Crippen LogP) is 2.27. The molecule has 0 amide bonds. The van der Waals surface area contributed by atoms with E-state index in [-0.39, 0.29) is 11.9 Å². The average Bonchev–Trinajstić information content (AvgIpc) is 2.33.